The SMILES string of the molecule is Cc1ncc2c(N)nc3cc(F)c(C(=O)N(Cc4cc5ccccn5n4)C4CCOC4)cc3n12. The third-order valence-corrected chi connectivity index (χ3v) is 6.34. The zero-order chi connectivity index (χ0) is 23.4. The molecule has 34 heavy (non-hydrogen) atoms. The molecule has 1 aliphatic heterocycles. The third-order valence-electron chi connectivity index (χ3n) is 6.34. The number of aromatic nitrogens is 5. The van der Waals surface area contributed by atoms with Crippen molar-refractivity contribution in [3.8, 4) is 0 Å². The summed E-state index contributed by atoms with van der Waals surface area (Å²) in [6, 6.07) is 10.3. The minimum atomic E-state index is -0.652. The number of carbonyl (C=O) groups is 1. The van der Waals surface area contributed by atoms with Crippen LogP contribution in [-0.2, 0) is 11.3 Å². The maximum atomic E-state index is 15.3. The second kappa shape index (κ2) is 7.77. The number of aryl methyl sites for hydroxylation is 1. The summed E-state index contributed by atoms with van der Waals surface area (Å²) < 4.78 is 24.4. The number of hydrogen-bond acceptors (Lipinski definition) is 6. The quantitative estimate of drug-likeness (QED) is 0.443. The number of amides is 1. The predicted octanol–water partition coefficient (Wildman–Crippen LogP) is 2.99. The molecule has 1 aliphatic rings. The van der Waals surface area contributed by atoms with Crippen LogP contribution in [0.15, 0.2) is 48.8 Å². The largest absolute Gasteiger partial charge is 0.382 e. The van der Waals surface area contributed by atoms with Gasteiger partial charge in [-0.3, -0.25) is 9.20 Å². The standard InChI is InChI=1S/C24H22FN7O2/c1-14-27-11-22-23(26)28-20-10-19(25)18(9-21(20)32(14)22)24(33)30(17-5-7-34-13-17)12-15-8-16-4-2-3-6-31(16)29-15/h2-4,6,8-11,17H,5,7,12-13H2,1H3,(H2,26,28). The van der Waals surface area contributed by atoms with E-state index < -0.39 is 11.7 Å². The Morgan fingerprint density at radius 3 is 2.97 bits per heavy atom. The topological polar surface area (TPSA) is 103 Å². The van der Waals surface area contributed by atoms with Crippen molar-refractivity contribution in [1.29, 1.82) is 0 Å². The van der Waals surface area contributed by atoms with Crippen LogP contribution in [0.4, 0.5) is 10.2 Å². The zero-order valence-corrected chi connectivity index (χ0v) is 18.5. The first kappa shape index (κ1) is 20.5. The number of nitrogens with two attached hydrogens (primary N) is 1. The number of rotatable bonds is 4. The van der Waals surface area contributed by atoms with Gasteiger partial charge in [0.15, 0.2) is 0 Å². The lowest BCUT2D eigenvalue weighted by atomic mass is 10.1. The Morgan fingerprint density at radius 1 is 1.29 bits per heavy atom. The van der Waals surface area contributed by atoms with Crippen LogP contribution < -0.4 is 5.73 Å². The van der Waals surface area contributed by atoms with E-state index in [-0.39, 0.29) is 24.0 Å². The molecule has 1 aromatic carbocycles. The Labute approximate surface area is 193 Å². The molecule has 2 N–H and O–H groups in total. The van der Waals surface area contributed by atoms with Gasteiger partial charge in [-0.25, -0.2) is 18.9 Å². The van der Waals surface area contributed by atoms with Crippen LogP contribution in [0, 0.1) is 12.7 Å². The van der Waals surface area contributed by atoms with Gasteiger partial charge in [0.1, 0.15) is 23.0 Å². The van der Waals surface area contributed by atoms with E-state index in [2.05, 4.69) is 15.1 Å². The number of imidazole rings is 1. The Bertz CT molecular complexity index is 1540. The summed E-state index contributed by atoms with van der Waals surface area (Å²) in [5, 5.41) is 4.58. The van der Waals surface area contributed by atoms with E-state index in [0.717, 1.165) is 11.2 Å². The van der Waals surface area contributed by atoms with Crippen molar-refractivity contribution in [1.82, 2.24) is 28.9 Å². The summed E-state index contributed by atoms with van der Waals surface area (Å²) in [7, 11) is 0. The molecular weight excluding hydrogens is 437 g/mol. The fraction of sp³-hybridized carbons (Fsp3) is 0.250. The second-order valence-corrected chi connectivity index (χ2v) is 8.50. The number of ether oxygens (including phenoxy) is 1. The third kappa shape index (κ3) is 3.26. The van der Waals surface area contributed by atoms with E-state index in [4.69, 9.17) is 10.5 Å². The van der Waals surface area contributed by atoms with Crippen LogP contribution in [0.25, 0.3) is 22.1 Å². The summed E-state index contributed by atoms with van der Waals surface area (Å²) in [5.74, 6) is -0.150. The van der Waals surface area contributed by atoms with Crippen LogP contribution in [0.1, 0.15) is 28.3 Å². The van der Waals surface area contributed by atoms with Crippen LogP contribution in [0.5, 0.6) is 0 Å². The van der Waals surface area contributed by atoms with Crippen molar-refractivity contribution < 1.29 is 13.9 Å². The molecule has 0 saturated carbocycles. The highest BCUT2D eigenvalue weighted by Crippen LogP contribution is 2.27. The minimum absolute atomic E-state index is 0.0378. The van der Waals surface area contributed by atoms with Crippen LogP contribution >= 0.6 is 0 Å². The van der Waals surface area contributed by atoms with Gasteiger partial charge in [0.05, 0.1) is 53.2 Å². The Kier molecular flexibility index (Phi) is 4.70. The van der Waals surface area contributed by atoms with E-state index in [0.29, 0.717) is 42.0 Å². The summed E-state index contributed by atoms with van der Waals surface area (Å²) in [6.45, 7) is 3.02. The molecule has 5 heterocycles. The highest BCUT2D eigenvalue weighted by atomic mass is 19.1. The van der Waals surface area contributed by atoms with Gasteiger partial charge in [0.25, 0.3) is 5.91 Å². The molecule has 9 nitrogen and oxygen atoms in total. The van der Waals surface area contributed by atoms with E-state index >= 15 is 4.39 Å². The van der Waals surface area contributed by atoms with Crippen molar-refractivity contribution in [2.75, 3.05) is 18.9 Å². The Balaban J connectivity index is 1.45. The number of fused-ring (bicyclic) bond motifs is 4. The van der Waals surface area contributed by atoms with Crippen LogP contribution in [-0.4, -0.2) is 54.0 Å². The fourth-order valence-corrected chi connectivity index (χ4v) is 4.63. The maximum absolute atomic E-state index is 15.3. The predicted molar refractivity (Wildman–Crippen MR) is 124 cm³/mol. The molecule has 5 aromatic rings. The molecule has 0 spiro atoms. The fourth-order valence-electron chi connectivity index (χ4n) is 4.63. The molecular formula is C24H22FN7O2. The number of nitrogens with zero attached hydrogens (tertiary/aromatic N) is 6. The number of halogens is 1. The van der Waals surface area contributed by atoms with Gasteiger partial charge in [0.2, 0.25) is 0 Å². The van der Waals surface area contributed by atoms with Crippen LogP contribution in [0.3, 0.4) is 0 Å². The maximum Gasteiger partial charge on any atom is 0.257 e. The zero-order valence-electron chi connectivity index (χ0n) is 18.5. The van der Waals surface area contributed by atoms with Gasteiger partial charge in [-0.1, -0.05) is 6.07 Å². The van der Waals surface area contributed by atoms with Gasteiger partial charge < -0.3 is 15.4 Å². The summed E-state index contributed by atoms with van der Waals surface area (Å²) in [5.41, 5.74) is 9.18. The molecule has 1 unspecified atom stereocenters. The Hall–Kier alpha value is -4.05. The van der Waals surface area contributed by atoms with Gasteiger partial charge >= 0.3 is 0 Å². The molecule has 10 heteroatoms. The van der Waals surface area contributed by atoms with Gasteiger partial charge in [-0.15, -0.1) is 0 Å². The van der Waals surface area contributed by atoms with Gasteiger partial charge in [0, 0.05) is 18.9 Å². The van der Waals surface area contributed by atoms with E-state index in [1.807, 2.05) is 37.4 Å². The number of benzene rings is 1. The number of anilines is 1. The van der Waals surface area contributed by atoms with Crippen molar-refractivity contribution in [3.05, 3.63) is 71.7 Å². The molecule has 0 bridgehead atoms. The number of nitrogen functional groups attached to an aromatic ring is 1. The average molecular weight is 459 g/mol. The van der Waals surface area contributed by atoms with Gasteiger partial charge in [-0.2, -0.15) is 5.10 Å². The molecule has 1 atom stereocenters. The van der Waals surface area contributed by atoms with E-state index in [9.17, 15) is 4.79 Å². The first-order chi connectivity index (χ1) is 16.5. The summed E-state index contributed by atoms with van der Waals surface area (Å²) in [6.07, 6.45) is 4.15. The van der Waals surface area contributed by atoms with Gasteiger partial charge in [-0.05, 0) is 37.6 Å². The normalized spacial score (nSPS) is 16.1. The lowest BCUT2D eigenvalue weighted by Gasteiger charge is -2.27. The molecule has 0 radical (unpaired) electrons. The van der Waals surface area contributed by atoms with E-state index in [1.54, 1.807) is 20.0 Å². The average Bonchev–Trinajstić information content (AvgIpc) is 3.57. The summed E-state index contributed by atoms with van der Waals surface area (Å²) >= 11 is 0. The number of carbonyl (C=O) groups excluding carboxylic acids is 1. The molecule has 0 aliphatic carbocycles. The molecule has 1 fully saturated rings. The minimum Gasteiger partial charge on any atom is -0.382 e. The molecule has 1 saturated heterocycles. The smallest absolute Gasteiger partial charge is 0.257 e. The number of hydrogen-bond donors (Lipinski definition) is 1. The molecule has 172 valence electrons. The molecule has 6 rings (SSSR count). The highest BCUT2D eigenvalue weighted by molar-refractivity contribution is 5.98. The lowest BCUT2D eigenvalue weighted by Crippen LogP contribution is -2.40. The second-order valence-electron chi connectivity index (χ2n) is 8.50. The molecule has 1 amide bonds. The Morgan fingerprint density at radius 2 is 2.18 bits per heavy atom. The first-order valence-corrected chi connectivity index (χ1v) is 11.0. The highest BCUT2D eigenvalue weighted by Gasteiger charge is 2.31. The van der Waals surface area contributed by atoms with Crippen molar-refractivity contribution in [2.45, 2.75) is 25.9 Å². The monoisotopic (exact) mass is 459 g/mol. The van der Waals surface area contributed by atoms with Crippen LogP contribution in [0.2, 0.25) is 0 Å². The molecule has 4 aromatic heterocycles. The van der Waals surface area contributed by atoms with E-state index in [1.165, 1.54) is 12.1 Å². The van der Waals surface area contributed by atoms with Crippen molar-refractivity contribution in [3.63, 3.8) is 0 Å². The summed E-state index contributed by atoms with van der Waals surface area (Å²) in [4.78, 5) is 24.0. The first-order valence-electron chi connectivity index (χ1n) is 11.0. The van der Waals surface area contributed by atoms with Crippen molar-refractivity contribution in [2.24, 2.45) is 0 Å². The number of pyridine rings is 1. The lowest BCUT2D eigenvalue weighted by molar-refractivity contribution is 0.0628. The van der Waals surface area contributed by atoms with Crippen molar-refractivity contribution >= 4 is 33.8 Å².